The van der Waals surface area contributed by atoms with E-state index in [4.69, 9.17) is 21.1 Å². The molecular weight excluding hydrogens is 282 g/mol. The zero-order valence-electron chi connectivity index (χ0n) is 10.9. The summed E-state index contributed by atoms with van der Waals surface area (Å²) in [6.07, 6.45) is 1.45. The van der Waals surface area contributed by atoms with E-state index in [2.05, 4.69) is 15.5 Å². The van der Waals surface area contributed by atoms with Gasteiger partial charge >= 0.3 is 0 Å². The normalized spacial score (nSPS) is 10.1. The van der Waals surface area contributed by atoms with Gasteiger partial charge in [0.2, 0.25) is 0 Å². The average molecular weight is 296 g/mol. The van der Waals surface area contributed by atoms with Crippen LogP contribution in [0.3, 0.4) is 0 Å². The summed E-state index contributed by atoms with van der Waals surface area (Å²) in [6, 6.07) is 7.37. The average Bonchev–Trinajstić information content (AvgIpc) is 2.48. The van der Waals surface area contributed by atoms with Gasteiger partial charge in [-0.15, -0.1) is 0 Å². The van der Waals surface area contributed by atoms with E-state index < -0.39 is 5.56 Å². The van der Waals surface area contributed by atoms with Crippen LogP contribution in [0.4, 0.5) is 5.69 Å². The second kappa shape index (κ2) is 6.81. The molecule has 1 aromatic carbocycles. The van der Waals surface area contributed by atoms with Crippen LogP contribution >= 0.6 is 11.6 Å². The summed E-state index contributed by atoms with van der Waals surface area (Å²) in [7, 11) is 1.59. The molecule has 0 aliphatic heterocycles. The van der Waals surface area contributed by atoms with Crippen molar-refractivity contribution < 1.29 is 9.47 Å². The molecule has 0 atom stereocenters. The molecule has 0 spiro atoms. The van der Waals surface area contributed by atoms with Gasteiger partial charge in [0.05, 0.1) is 19.0 Å². The first kappa shape index (κ1) is 14.2. The summed E-state index contributed by atoms with van der Waals surface area (Å²) in [5, 5.41) is 8.97. The lowest BCUT2D eigenvalue weighted by atomic mass is 10.3. The number of ether oxygens (including phenoxy) is 2. The fraction of sp³-hybridized carbons (Fsp3) is 0.231. The van der Waals surface area contributed by atoms with Crippen LogP contribution < -0.4 is 20.3 Å². The van der Waals surface area contributed by atoms with Gasteiger partial charge in [-0.1, -0.05) is 23.7 Å². The lowest BCUT2D eigenvalue weighted by molar-refractivity contribution is 0.306. The number of aromatic nitrogens is 2. The van der Waals surface area contributed by atoms with E-state index >= 15 is 0 Å². The summed E-state index contributed by atoms with van der Waals surface area (Å²) in [4.78, 5) is 11.2. The lowest BCUT2D eigenvalue weighted by Crippen LogP contribution is -2.16. The minimum atomic E-state index is -0.428. The lowest BCUT2D eigenvalue weighted by Gasteiger charge is -2.11. The Balaban J connectivity index is 1.88. The van der Waals surface area contributed by atoms with Crippen molar-refractivity contribution in [2.75, 3.05) is 25.6 Å². The smallest absolute Gasteiger partial charge is 0.285 e. The molecule has 20 heavy (non-hydrogen) atoms. The first-order valence-corrected chi connectivity index (χ1v) is 6.33. The van der Waals surface area contributed by atoms with Crippen molar-refractivity contribution in [2.24, 2.45) is 0 Å². The molecule has 0 fully saturated rings. The molecule has 2 aromatic rings. The van der Waals surface area contributed by atoms with Gasteiger partial charge in [0.25, 0.3) is 5.56 Å². The minimum Gasteiger partial charge on any atom is -0.493 e. The van der Waals surface area contributed by atoms with Crippen molar-refractivity contribution in [1.82, 2.24) is 10.2 Å². The Bertz CT molecular complexity index is 630. The molecule has 0 amide bonds. The number of para-hydroxylation sites is 2. The van der Waals surface area contributed by atoms with Crippen molar-refractivity contribution >= 4 is 17.3 Å². The first-order chi connectivity index (χ1) is 9.72. The molecule has 2 rings (SSSR count). The number of methoxy groups -OCH3 is 1. The van der Waals surface area contributed by atoms with Crippen LogP contribution in [0.2, 0.25) is 5.02 Å². The second-order valence-corrected chi connectivity index (χ2v) is 4.23. The Morgan fingerprint density at radius 1 is 1.35 bits per heavy atom. The third-order valence-electron chi connectivity index (χ3n) is 2.54. The van der Waals surface area contributed by atoms with E-state index in [1.807, 2.05) is 24.3 Å². The maximum absolute atomic E-state index is 11.2. The zero-order valence-corrected chi connectivity index (χ0v) is 11.6. The SMILES string of the molecule is COc1ccccc1OCCNc1cn[nH]c(=O)c1Cl. The van der Waals surface area contributed by atoms with Crippen LogP contribution in [-0.2, 0) is 0 Å². The Morgan fingerprint density at radius 3 is 2.85 bits per heavy atom. The van der Waals surface area contributed by atoms with Gasteiger partial charge in [-0.3, -0.25) is 4.79 Å². The quantitative estimate of drug-likeness (QED) is 0.796. The molecule has 106 valence electrons. The summed E-state index contributed by atoms with van der Waals surface area (Å²) < 4.78 is 10.8. The monoisotopic (exact) mass is 295 g/mol. The van der Waals surface area contributed by atoms with Gasteiger partial charge in [0.15, 0.2) is 11.5 Å². The number of H-pyrrole nitrogens is 1. The predicted molar refractivity (Wildman–Crippen MR) is 76.8 cm³/mol. The van der Waals surface area contributed by atoms with E-state index in [0.717, 1.165) is 0 Å². The van der Waals surface area contributed by atoms with Gasteiger partial charge in [-0.05, 0) is 12.1 Å². The van der Waals surface area contributed by atoms with Gasteiger partial charge < -0.3 is 14.8 Å². The third kappa shape index (κ3) is 3.42. The number of hydrogen-bond acceptors (Lipinski definition) is 5. The van der Waals surface area contributed by atoms with E-state index in [-0.39, 0.29) is 5.02 Å². The summed E-state index contributed by atoms with van der Waals surface area (Å²) >= 11 is 5.83. The van der Waals surface area contributed by atoms with Crippen LogP contribution in [0.1, 0.15) is 0 Å². The highest BCUT2D eigenvalue weighted by atomic mass is 35.5. The number of nitrogens with zero attached hydrogens (tertiary/aromatic N) is 1. The topological polar surface area (TPSA) is 76.2 Å². The van der Waals surface area contributed by atoms with E-state index in [9.17, 15) is 4.79 Å². The van der Waals surface area contributed by atoms with Gasteiger partial charge in [0, 0.05) is 6.54 Å². The number of halogens is 1. The Kier molecular flexibility index (Phi) is 4.84. The van der Waals surface area contributed by atoms with Crippen LogP contribution in [0.5, 0.6) is 11.5 Å². The summed E-state index contributed by atoms with van der Waals surface area (Å²) in [5.74, 6) is 1.33. The van der Waals surface area contributed by atoms with E-state index in [1.165, 1.54) is 6.20 Å². The van der Waals surface area contributed by atoms with E-state index in [0.29, 0.717) is 30.3 Å². The summed E-state index contributed by atoms with van der Waals surface area (Å²) in [6.45, 7) is 0.867. The highest BCUT2D eigenvalue weighted by molar-refractivity contribution is 6.32. The number of nitrogens with one attached hydrogen (secondary N) is 2. The maximum Gasteiger partial charge on any atom is 0.285 e. The molecule has 1 heterocycles. The number of hydrogen-bond donors (Lipinski definition) is 2. The maximum atomic E-state index is 11.2. The van der Waals surface area contributed by atoms with Crippen molar-refractivity contribution in [2.45, 2.75) is 0 Å². The van der Waals surface area contributed by atoms with Crippen LogP contribution in [0.25, 0.3) is 0 Å². The Labute approximate surface area is 120 Å². The predicted octanol–water partition coefficient (Wildman–Crippen LogP) is 1.92. The second-order valence-electron chi connectivity index (χ2n) is 3.85. The third-order valence-corrected chi connectivity index (χ3v) is 2.91. The van der Waals surface area contributed by atoms with Gasteiger partial charge in [-0.2, -0.15) is 5.10 Å². The number of aromatic amines is 1. The van der Waals surface area contributed by atoms with Crippen molar-refractivity contribution in [1.29, 1.82) is 0 Å². The molecule has 0 aliphatic rings. The molecule has 0 saturated carbocycles. The Hall–Kier alpha value is -2.21. The van der Waals surface area contributed by atoms with Crippen LogP contribution in [0.15, 0.2) is 35.3 Å². The molecule has 1 aromatic heterocycles. The number of rotatable bonds is 6. The molecule has 0 aliphatic carbocycles. The molecule has 0 bridgehead atoms. The number of benzene rings is 1. The molecule has 0 saturated heterocycles. The fourth-order valence-corrected chi connectivity index (χ4v) is 1.75. The minimum absolute atomic E-state index is 0.0808. The first-order valence-electron chi connectivity index (χ1n) is 5.95. The van der Waals surface area contributed by atoms with E-state index in [1.54, 1.807) is 7.11 Å². The van der Waals surface area contributed by atoms with Crippen molar-refractivity contribution in [3.05, 3.63) is 45.8 Å². The molecule has 6 nitrogen and oxygen atoms in total. The number of anilines is 1. The molecule has 2 N–H and O–H groups in total. The zero-order chi connectivity index (χ0) is 14.4. The molecule has 0 radical (unpaired) electrons. The summed E-state index contributed by atoms with van der Waals surface area (Å²) in [5.41, 5.74) is 0.0429. The molecule has 0 unspecified atom stereocenters. The molecule has 7 heteroatoms. The van der Waals surface area contributed by atoms with Gasteiger partial charge in [0.1, 0.15) is 11.6 Å². The highest BCUT2D eigenvalue weighted by Gasteiger charge is 2.05. The standard InChI is InChI=1S/C13H14ClN3O3/c1-19-10-4-2-3-5-11(10)20-7-6-15-9-8-16-17-13(18)12(9)14/h2-5,8H,6-7H2,1H3,(H2,15,17,18). The van der Waals surface area contributed by atoms with Gasteiger partial charge in [-0.25, -0.2) is 5.10 Å². The van der Waals surface area contributed by atoms with Crippen LogP contribution in [0, 0.1) is 0 Å². The highest BCUT2D eigenvalue weighted by Crippen LogP contribution is 2.25. The van der Waals surface area contributed by atoms with Crippen LogP contribution in [-0.4, -0.2) is 30.5 Å². The Morgan fingerprint density at radius 2 is 2.10 bits per heavy atom. The molecular formula is C13H14ClN3O3. The fourth-order valence-electron chi connectivity index (χ4n) is 1.59. The van der Waals surface area contributed by atoms with Crippen molar-refractivity contribution in [3.8, 4) is 11.5 Å². The van der Waals surface area contributed by atoms with Crippen molar-refractivity contribution in [3.63, 3.8) is 0 Å². The largest absolute Gasteiger partial charge is 0.493 e.